The minimum absolute atomic E-state index is 0.00715. The van der Waals surface area contributed by atoms with Crippen LogP contribution in [0.4, 0.5) is 0 Å². The lowest BCUT2D eigenvalue weighted by atomic mass is 10.1. The molecule has 2 aromatic heterocycles. The zero-order valence-electron chi connectivity index (χ0n) is 14.7. The molecule has 0 bridgehead atoms. The molecule has 2 aromatic carbocycles. The van der Waals surface area contributed by atoms with Gasteiger partial charge in [-0.05, 0) is 29.3 Å². The van der Waals surface area contributed by atoms with Crippen molar-refractivity contribution in [3.8, 4) is 16.9 Å². The lowest BCUT2D eigenvalue weighted by molar-refractivity contribution is 0.282. The van der Waals surface area contributed by atoms with Gasteiger partial charge in [0.15, 0.2) is 5.16 Å². The highest BCUT2D eigenvalue weighted by Crippen LogP contribution is 2.23. The normalized spacial score (nSPS) is 11.0. The number of hydrogen-bond acceptors (Lipinski definition) is 6. The third-order valence-electron chi connectivity index (χ3n) is 4.11. The van der Waals surface area contributed by atoms with Gasteiger partial charge in [-0.3, -0.25) is 0 Å². The summed E-state index contributed by atoms with van der Waals surface area (Å²) in [5.74, 6) is 0.792. The Hall–Kier alpha value is -2.97. The quantitative estimate of drug-likeness (QED) is 0.520. The fourth-order valence-electron chi connectivity index (χ4n) is 2.69. The molecular weight excluding hydrogens is 360 g/mol. The molecule has 0 unspecified atom stereocenters. The van der Waals surface area contributed by atoms with Crippen LogP contribution in [0, 0.1) is 0 Å². The van der Waals surface area contributed by atoms with Crippen LogP contribution in [0.2, 0.25) is 0 Å². The first kappa shape index (κ1) is 17.4. The van der Waals surface area contributed by atoms with Gasteiger partial charge in [0.25, 0.3) is 0 Å². The summed E-state index contributed by atoms with van der Waals surface area (Å²) in [6.45, 7) is 0.00715. The van der Waals surface area contributed by atoms with E-state index in [0.717, 1.165) is 33.4 Å². The van der Waals surface area contributed by atoms with Crippen LogP contribution >= 0.6 is 11.8 Å². The highest BCUT2D eigenvalue weighted by atomic mass is 32.2. The smallest absolute Gasteiger partial charge is 0.191 e. The first-order valence-electron chi connectivity index (χ1n) is 8.41. The van der Waals surface area contributed by atoms with Gasteiger partial charge in [0.2, 0.25) is 0 Å². The van der Waals surface area contributed by atoms with E-state index in [9.17, 15) is 5.11 Å². The van der Waals surface area contributed by atoms with Crippen molar-refractivity contribution in [3.05, 3.63) is 72.2 Å². The zero-order chi connectivity index (χ0) is 18.6. The maximum absolute atomic E-state index is 9.31. The lowest BCUT2D eigenvalue weighted by Gasteiger charge is -2.05. The summed E-state index contributed by atoms with van der Waals surface area (Å²) in [6, 6.07) is 15.8. The molecule has 0 aliphatic heterocycles. The summed E-state index contributed by atoms with van der Waals surface area (Å²) >= 11 is 1.64. The third-order valence-corrected chi connectivity index (χ3v) is 5.22. The number of aliphatic hydroxyl groups is 1. The minimum atomic E-state index is 0.00715. The molecule has 0 atom stereocenters. The highest BCUT2D eigenvalue weighted by Gasteiger charge is 2.08. The first-order chi connectivity index (χ1) is 13.2. The molecule has 0 spiro atoms. The van der Waals surface area contributed by atoms with Gasteiger partial charge in [-0.1, -0.05) is 47.3 Å². The monoisotopic (exact) mass is 378 g/mol. The largest absolute Gasteiger partial charge is 0.392 e. The first-order valence-corrected chi connectivity index (χ1v) is 9.40. The Balaban J connectivity index is 1.54. The molecule has 1 N–H and O–H groups in total. The molecule has 7 nitrogen and oxygen atoms in total. The van der Waals surface area contributed by atoms with Crippen molar-refractivity contribution in [2.75, 3.05) is 0 Å². The molecule has 4 aromatic rings. The molecular formula is C19H18N6OS. The molecule has 8 heteroatoms. The van der Waals surface area contributed by atoms with Crippen LogP contribution < -0.4 is 0 Å². The predicted molar refractivity (Wildman–Crippen MR) is 103 cm³/mol. The van der Waals surface area contributed by atoms with Gasteiger partial charge in [0, 0.05) is 18.4 Å². The summed E-state index contributed by atoms with van der Waals surface area (Å²) in [4.78, 5) is 0. The molecule has 0 fully saturated rings. The average molecular weight is 378 g/mol. The number of aryl methyl sites for hydroxylation is 1. The summed E-state index contributed by atoms with van der Waals surface area (Å²) < 4.78 is 3.66. The van der Waals surface area contributed by atoms with E-state index in [-0.39, 0.29) is 6.61 Å². The molecule has 2 heterocycles. The van der Waals surface area contributed by atoms with Gasteiger partial charge in [-0.2, -0.15) is 0 Å². The molecule has 0 aliphatic carbocycles. The summed E-state index contributed by atoms with van der Waals surface area (Å²) in [7, 11) is 1.93. The van der Waals surface area contributed by atoms with Crippen LogP contribution in [0.15, 0.2) is 66.2 Å². The summed E-state index contributed by atoms with van der Waals surface area (Å²) in [5, 5.41) is 26.7. The van der Waals surface area contributed by atoms with E-state index in [2.05, 4.69) is 32.6 Å². The molecule has 0 aliphatic rings. The van der Waals surface area contributed by atoms with E-state index in [1.54, 1.807) is 22.8 Å². The molecule has 0 amide bonds. The fourth-order valence-corrected chi connectivity index (χ4v) is 3.52. The summed E-state index contributed by atoms with van der Waals surface area (Å²) in [6.07, 6.45) is 3.59. The van der Waals surface area contributed by atoms with Crippen molar-refractivity contribution in [1.82, 2.24) is 29.8 Å². The zero-order valence-corrected chi connectivity index (χ0v) is 15.5. The van der Waals surface area contributed by atoms with Gasteiger partial charge in [0.1, 0.15) is 12.0 Å². The SMILES string of the molecule is Cn1cnnc1SCc1cccc(-n2cc(-c3cccc(CO)c3)nn2)c1. The van der Waals surface area contributed by atoms with Crippen molar-refractivity contribution in [2.24, 2.45) is 7.05 Å². The van der Waals surface area contributed by atoms with Crippen molar-refractivity contribution in [1.29, 1.82) is 0 Å². The van der Waals surface area contributed by atoms with E-state index < -0.39 is 0 Å². The maximum Gasteiger partial charge on any atom is 0.191 e. The standard InChI is InChI=1S/C19H18N6OS/c1-24-13-20-22-19(24)27-12-15-5-3-7-17(9-15)25-10-18(21-23-25)16-6-2-4-14(8-16)11-26/h2-10,13,26H,11-12H2,1H3. The number of benzene rings is 2. The van der Waals surface area contributed by atoms with Crippen LogP contribution in [0.1, 0.15) is 11.1 Å². The molecule has 0 saturated heterocycles. The topological polar surface area (TPSA) is 81.7 Å². The Bertz CT molecular complexity index is 1060. The van der Waals surface area contributed by atoms with E-state index in [4.69, 9.17) is 0 Å². The maximum atomic E-state index is 9.31. The average Bonchev–Trinajstić information content (AvgIpc) is 3.36. The van der Waals surface area contributed by atoms with Crippen molar-refractivity contribution >= 4 is 11.8 Å². The molecule has 0 saturated carbocycles. The fraction of sp³-hybridized carbons (Fsp3) is 0.158. The second kappa shape index (κ2) is 7.73. The molecule has 27 heavy (non-hydrogen) atoms. The van der Waals surface area contributed by atoms with Crippen molar-refractivity contribution < 1.29 is 5.11 Å². The number of nitrogens with zero attached hydrogens (tertiary/aromatic N) is 6. The van der Waals surface area contributed by atoms with Gasteiger partial charge in [-0.15, -0.1) is 15.3 Å². The molecule has 4 rings (SSSR count). The van der Waals surface area contributed by atoms with Crippen LogP contribution in [0.5, 0.6) is 0 Å². The number of hydrogen-bond donors (Lipinski definition) is 1. The van der Waals surface area contributed by atoms with Gasteiger partial charge in [0.05, 0.1) is 18.5 Å². The Morgan fingerprint density at radius 1 is 1.04 bits per heavy atom. The predicted octanol–water partition coefficient (Wildman–Crippen LogP) is 2.85. The number of aliphatic hydroxyl groups excluding tert-OH is 1. The van der Waals surface area contributed by atoms with Crippen LogP contribution in [-0.4, -0.2) is 34.9 Å². The van der Waals surface area contributed by atoms with E-state index in [1.165, 1.54) is 5.56 Å². The Labute approximate surface area is 160 Å². The summed E-state index contributed by atoms with van der Waals surface area (Å²) in [5.41, 5.74) is 4.67. The Morgan fingerprint density at radius 2 is 1.89 bits per heavy atom. The third kappa shape index (κ3) is 3.91. The van der Waals surface area contributed by atoms with Gasteiger partial charge < -0.3 is 9.67 Å². The minimum Gasteiger partial charge on any atom is -0.392 e. The Kier molecular flexibility index (Phi) is 4.99. The second-order valence-electron chi connectivity index (χ2n) is 6.09. The van der Waals surface area contributed by atoms with Crippen LogP contribution in [0.3, 0.4) is 0 Å². The number of thioether (sulfide) groups is 1. The van der Waals surface area contributed by atoms with E-state index in [0.29, 0.717) is 0 Å². The number of aromatic nitrogens is 6. The highest BCUT2D eigenvalue weighted by molar-refractivity contribution is 7.98. The molecule has 136 valence electrons. The van der Waals surface area contributed by atoms with E-state index >= 15 is 0 Å². The molecule has 0 radical (unpaired) electrons. The number of rotatable bonds is 6. The second-order valence-corrected chi connectivity index (χ2v) is 7.03. The van der Waals surface area contributed by atoms with Crippen molar-refractivity contribution in [2.45, 2.75) is 17.5 Å². The van der Waals surface area contributed by atoms with Crippen LogP contribution in [0.25, 0.3) is 16.9 Å². The van der Waals surface area contributed by atoms with Crippen LogP contribution in [-0.2, 0) is 19.4 Å². The van der Waals surface area contributed by atoms with E-state index in [1.807, 2.05) is 54.2 Å². The Morgan fingerprint density at radius 3 is 2.70 bits per heavy atom. The van der Waals surface area contributed by atoms with Gasteiger partial charge >= 0.3 is 0 Å². The van der Waals surface area contributed by atoms with Gasteiger partial charge in [-0.25, -0.2) is 4.68 Å². The van der Waals surface area contributed by atoms with Crippen molar-refractivity contribution in [3.63, 3.8) is 0 Å². The lowest BCUT2D eigenvalue weighted by Crippen LogP contribution is -1.96.